The van der Waals surface area contributed by atoms with Crippen molar-refractivity contribution in [1.29, 1.82) is 0 Å². The van der Waals surface area contributed by atoms with Gasteiger partial charge in [-0.15, -0.1) is 0 Å². The van der Waals surface area contributed by atoms with Crippen LogP contribution in [0.25, 0.3) is 0 Å². The third-order valence-corrected chi connectivity index (χ3v) is 6.54. The molecule has 27 heavy (non-hydrogen) atoms. The standard InChI is InChI=1S/C19H24N4O3S/c24-17(11-19-8-12-4-13(9-19)6-14(5-12)10-19)21-22-18(27)20-15-2-1-3-16(7-15)23(25)26/h1-3,7,12-14H,4-6,8-11H2,(H,21,24)(H2,20,22,27). The average Bonchev–Trinajstić information content (AvgIpc) is 2.58. The number of amides is 1. The van der Waals surface area contributed by atoms with Crippen LogP contribution in [0.15, 0.2) is 24.3 Å². The topological polar surface area (TPSA) is 96.3 Å². The van der Waals surface area contributed by atoms with Crippen LogP contribution >= 0.6 is 12.2 Å². The second-order valence-electron chi connectivity index (χ2n) is 8.53. The van der Waals surface area contributed by atoms with Gasteiger partial charge in [0.05, 0.1) is 4.92 Å². The second kappa shape index (κ2) is 7.07. The molecule has 4 aliphatic carbocycles. The Kier molecular flexibility index (Phi) is 4.75. The maximum atomic E-state index is 12.5. The van der Waals surface area contributed by atoms with E-state index in [2.05, 4.69) is 16.2 Å². The lowest BCUT2D eigenvalue weighted by atomic mass is 9.49. The van der Waals surface area contributed by atoms with Crippen molar-refractivity contribution < 1.29 is 9.72 Å². The van der Waals surface area contributed by atoms with Crippen molar-refractivity contribution in [2.24, 2.45) is 23.2 Å². The molecule has 4 bridgehead atoms. The van der Waals surface area contributed by atoms with E-state index in [9.17, 15) is 14.9 Å². The highest BCUT2D eigenvalue weighted by Crippen LogP contribution is 2.61. The third-order valence-electron chi connectivity index (χ3n) is 6.33. The van der Waals surface area contributed by atoms with Gasteiger partial charge in [0.15, 0.2) is 5.11 Å². The number of anilines is 1. The zero-order valence-electron chi connectivity index (χ0n) is 15.1. The fourth-order valence-electron chi connectivity index (χ4n) is 5.88. The molecule has 0 aliphatic heterocycles. The minimum absolute atomic E-state index is 0.0198. The summed E-state index contributed by atoms with van der Waals surface area (Å²) >= 11 is 5.17. The van der Waals surface area contributed by atoms with Gasteiger partial charge in [-0.3, -0.25) is 25.8 Å². The largest absolute Gasteiger partial charge is 0.331 e. The molecule has 5 rings (SSSR count). The summed E-state index contributed by atoms with van der Waals surface area (Å²) in [6.07, 6.45) is 8.17. The number of hydrogen-bond donors (Lipinski definition) is 3. The first-order valence-electron chi connectivity index (χ1n) is 9.51. The molecule has 4 fully saturated rings. The maximum Gasteiger partial charge on any atom is 0.271 e. The summed E-state index contributed by atoms with van der Waals surface area (Å²) < 4.78 is 0. The first-order chi connectivity index (χ1) is 12.9. The number of nitro benzene ring substituents is 1. The van der Waals surface area contributed by atoms with Crippen molar-refractivity contribution in [2.45, 2.75) is 44.9 Å². The normalized spacial score (nSPS) is 30.6. The van der Waals surface area contributed by atoms with E-state index in [-0.39, 0.29) is 22.1 Å². The molecule has 7 nitrogen and oxygen atoms in total. The summed E-state index contributed by atoms with van der Waals surface area (Å²) in [6, 6.07) is 6.06. The molecular weight excluding hydrogens is 364 g/mol. The van der Waals surface area contributed by atoms with Crippen LogP contribution in [0.4, 0.5) is 11.4 Å². The van der Waals surface area contributed by atoms with Crippen LogP contribution in [0, 0.1) is 33.3 Å². The van der Waals surface area contributed by atoms with Crippen LogP contribution in [-0.2, 0) is 4.79 Å². The monoisotopic (exact) mass is 388 g/mol. The minimum Gasteiger partial charge on any atom is -0.331 e. The van der Waals surface area contributed by atoms with Crippen LogP contribution in [-0.4, -0.2) is 15.9 Å². The fraction of sp³-hybridized carbons (Fsp3) is 0.579. The van der Waals surface area contributed by atoms with Crippen molar-refractivity contribution in [2.75, 3.05) is 5.32 Å². The van der Waals surface area contributed by atoms with E-state index in [0.29, 0.717) is 12.1 Å². The second-order valence-corrected chi connectivity index (χ2v) is 8.94. The van der Waals surface area contributed by atoms with Crippen molar-refractivity contribution in [1.82, 2.24) is 10.9 Å². The van der Waals surface area contributed by atoms with Crippen LogP contribution in [0.3, 0.4) is 0 Å². The Bertz CT molecular complexity index is 747. The summed E-state index contributed by atoms with van der Waals surface area (Å²) in [6.45, 7) is 0. The zero-order valence-corrected chi connectivity index (χ0v) is 15.9. The van der Waals surface area contributed by atoms with E-state index >= 15 is 0 Å². The average molecular weight is 388 g/mol. The number of carbonyl (C=O) groups is 1. The molecule has 0 heterocycles. The number of non-ortho nitro benzene ring substituents is 1. The molecule has 0 atom stereocenters. The lowest BCUT2D eigenvalue weighted by Crippen LogP contribution is -2.50. The first kappa shape index (κ1) is 18.2. The van der Waals surface area contributed by atoms with Gasteiger partial charge in [0, 0.05) is 24.2 Å². The van der Waals surface area contributed by atoms with Gasteiger partial charge in [-0.25, -0.2) is 0 Å². The molecule has 1 aromatic carbocycles. The summed E-state index contributed by atoms with van der Waals surface area (Å²) in [5.41, 5.74) is 6.06. The Hall–Kier alpha value is -2.22. The molecule has 0 aromatic heterocycles. The smallest absolute Gasteiger partial charge is 0.271 e. The molecule has 0 saturated heterocycles. The summed E-state index contributed by atoms with van der Waals surface area (Å²) in [4.78, 5) is 22.8. The number of nitrogens with zero attached hydrogens (tertiary/aromatic N) is 1. The summed E-state index contributed by atoms with van der Waals surface area (Å²) in [5.74, 6) is 2.40. The number of benzene rings is 1. The van der Waals surface area contributed by atoms with E-state index in [1.54, 1.807) is 12.1 Å². The summed E-state index contributed by atoms with van der Waals surface area (Å²) in [7, 11) is 0. The van der Waals surface area contributed by atoms with Crippen LogP contribution in [0.5, 0.6) is 0 Å². The number of nitrogens with one attached hydrogen (secondary N) is 3. The van der Waals surface area contributed by atoms with Gasteiger partial charge in [-0.05, 0) is 80.0 Å². The van der Waals surface area contributed by atoms with Gasteiger partial charge in [0.2, 0.25) is 5.91 Å². The SMILES string of the molecule is O=C(CC12CC3CC(CC(C3)C1)C2)NNC(=S)Nc1cccc([N+](=O)[O-])c1. The Balaban J connectivity index is 1.27. The number of rotatable bonds is 4. The van der Waals surface area contributed by atoms with E-state index in [1.165, 1.54) is 50.7 Å². The third kappa shape index (κ3) is 4.05. The number of hydrazine groups is 1. The van der Waals surface area contributed by atoms with E-state index in [0.717, 1.165) is 17.8 Å². The molecule has 144 valence electrons. The lowest BCUT2D eigenvalue weighted by molar-refractivity contribution is -0.384. The van der Waals surface area contributed by atoms with E-state index < -0.39 is 4.92 Å². The molecule has 1 amide bonds. The van der Waals surface area contributed by atoms with Crippen molar-refractivity contribution in [3.63, 3.8) is 0 Å². The van der Waals surface area contributed by atoms with E-state index in [1.807, 2.05) is 0 Å². The molecule has 0 radical (unpaired) electrons. The molecule has 4 aliphatic rings. The number of hydrogen-bond acceptors (Lipinski definition) is 4. The minimum atomic E-state index is -0.463. The molecule has 4 saturated carbocycles. The predicted molar refractivity (Wildman–Crippen MR) is 106 cm³/mol. The Morgan fingerprint density at radius 3 is 2.37 bits per heavy atom. The quantitative estimate of drug-likeness (QED) is 0.415. The molecule has 0 spiro atoms. The summed E-state index contributed by atoms with van der Waals surface area (Å²) in [5, 5.41) is 13.9. The highest BCUT2D eigenvalue weighted by Gasteiger charge is 2.51. The highest BCUT2D eigenvalue weighted by atomic mass is 32.1. The van der Waals surface area contributed by atoms with Gasteiger partial charge >= 0.3 is 0 Å². The van der Waals surface area contributed by atoms with Crippen LogP contribution in [0.2, 0.25) is 0 Å². The van der Waals surface area contributed by atoms with Crippen LogP contribution < -0.4 is 16.2 Å². The van der Waals surface area contributed by atoms with Crippen LogP contribution in [0.1, 0.15) is 44.9 Å². The van der Waals surface area contributed by atoms with Crippen molar-refractivity contribution >= 4 is 34.6 Å². The predicted octanol–water partition coefficient (Wildman–Crippen LogP) is 3.52. The van der Waals surface area contributed by atoms with Gasteiger partial charge in [-0.2, -0.15) is 0 Å². The number of nitro groups is 1. The first-order valence-corrected chi connectivity index (χ1v) is 9.92. The molecule has 1 aromatic rings. The number of thiocarbonyl (C=S) groups is 1. The van der Waals surface area contributed by atoms with Gasteiger partial charge in [-0.1, -0.05) is 6.07 Å². The van der Waals surface area contributed by atoms with Crippen molar-refractivity contribution in [3.05, 3.63) is 34.4 Å². The van der Waals surface area contributed by atoms with Gasteiger partial charge in [0.1, 0.15) is 0 Å². The Morgan fingerprint density at radius 1 is 1.15 bits per heavy atom. The number of carbonyl (C=O) groups excluding carboxylic acids is 1. The van der Waals surface area contributed by atoms with Crippen molar-refractivity contribution in [3.8, 4) is 0 Å². The van der Waals surface area contributed by atoms with E-state index in [4.69, 9.17) is 12.2 Å². The Morgan fingerprint density at radius 2 is 1.78 bits per heavy atom. The fourth-order valence-corrected chi connectivity index (χ4v) is 6.05. The van der Waals surface area contributed by atoms with Gasteiger partial charge < -0.3 is 5.32 Å². The molecule has 0 unspecified atom stereocenters. The molecule has 3 N–H and O–H groups in total. The maximum absolute atomic E-state index is 12.5. The van der Waals surface area contributed by atoms with Gasteiger partial charge in [0.25, 0.3) is 5.69 Å². The highest BCUT2D eigenvalue weighted by molar-refractivity contribution is 7.80. The molecular formula is C19H24N4O3S. The Labute approximate surface area is 163 Å². The lowest BCUT2D eigenvalue weighted by Gasteiger charge is -2.56. The zero-order chi connectivity index (χ0) is 19.0. The molecule has 8 heteroatoms.